The highest BCUT2D eigenvalue weighted by Crippen LogP contribution is 2.09. The van der Waals surface area contributed by atoms with Crippen LogP contribution in [0.25, 0.3) is 5.69 Å². The molecule has 2 rings (SSSR count). The standard InChI is InChI=1S/C13H18N4/c1-10(2)15-7-12-4-13(8-14-6-12)17-9-11(3)5-16-17/h4-6,8-10,15H,7H2,1-3H3. The smallest absolute Gasteiger partial charge is 0.0832 e. The summed E-state index contributed by atoms with van der Waals surface area (Å²) in [6, 6.07) is 2.58. The van der Waals surface area contributed by atoms with Crippen LogP contribution in [0, 0.1) is 6.92 Å². The molecule has 0 saturated carbocycles. The third-order valence-electron chi connectivity index (χ3n) is 2.47. The van der Waals surface area contributed by atoms with Crippen molar-refractivity contribution in [2.24, 2.45) is 0 Å². The Hall–Kier alpha value is -1.68. The molecular weight excluding hydrogens is 212 g/mol. The van der Waals surface area contributed by atoms with Gasteiger partial charge in [0.1, 0.15) is 0 Å². The number of rotatable bonds is 4. The molecule has 4 heteroatoms. The lowest BCUT2D eigenvalue weighted by molar-refractivity contribution is 0.587. The molecule has 2 heterocycles. The highest BCUT2D eigenvalue weighted by atomic mass is 15.3. The molecule has 0 saturated heterocycles. The van der Waals surface area contributed by atoms with Crippen LogP contribution in [0.3, 0.4) is 0 Å². The van der Waals surface area contributed by atoms with Gasteiger partial charge in [0, 0.05) is 25.0 Å². The van der Waals surface area contributed by atoms with Crippen molar-refractivity contribution in [1.29, 1.82) is 0 Å². The molecule has 0 spiro atoms. The zero-order chi connectivity index (χ0) is 12.3. The Balaban J connectivity index is 2.16. The monoisotopic (exact) mass is 230 g/mol. The van der Waals surface area contributed by atoms with Gasteiger partial charge in [-0.05, 0) is 24.1 Å². The summed E-state index contributed by atoms with van der Waals surface area (Å²) < 4.78 is 1.85. The number of nitrogens with zero attached hydrogens (tertiary/aromatic N) is 3. The molecule has 0 fully saturated rings. The molecule has 0 aliphatic rings. The van der Waals surface area contributed by atoms with Gasteiger partial charge in [0.15, 0.2) is 0 Å². The topological polar surface area (TPSA) is 42.7 Å². The second kappa shape index (κ2) is 5.10. The first-order valence-corrected chi connectivity index (χ1v) is 5.84. The van der Waals surface area contributed by atoms with Crippen molar-refractivity contribution in [1.82, 2.24) is 20.1 Å². The van der Waals surface area contributed by atoms with Gasteiger partial charge in [-0.25, -0.2) is 4.68 Å². The van der Waals surface area contributed by atoms with E-state index in [0.717, 1.165) is 17.8 Å². The number of hydrogen-bond acceptors (Lipinski definition) is 3. The van der Waals surface area contributed by atoms with E-state index in [9.17, 15) is 0 Å². The van der Waals surface area contributed by atoms with Gasteiger partial charge in [-0.1, -0.05) is 13.8 Å². The average molecular weight is 230 g/mol. The van der Waals surface area contributed by atoms with Gasteiger partial charge in [0.25, 0.3) is 0 Å². The zero-order valence-electron chi connectivity index (χ0n) is 10.5. The average Bonchev–Trinajstić information content (AvgIpc) is 2.74. The summed E-state index contributed by atoms with van der Waals surface area (Å²) in [6.45, 7) is 7.13. The SMILES string of the molecule is Cc1cnn(-c2cncc(CNC(C)C)c2)c1. The van der Waals surface area contributed by atoms with Crippen molar-refractivity contribution in [2.45, 2.75) is 33.4 Å². The number of aryl methyl sites for hydroxylation is 1. The lowest BCUT2D eigenvalue weighted by Crippen LogP contribution is -2.21. The molecule has 0 unspecified atom stereocenters. The van der Waals surface area contributed by atoms with Gasteiger partial charge in [-0.2, -0.15) is 5.10 Å². The maximum absolute atomic E-state index is 4.28. The Bertz CT molecular complexity index is 488. The first-order chi connectivity index (χ1) is 8.15. The summed E-state index contributed by atoms with van der Waals surface area (Å²) in [5, 5.41) is 7.65. The van der Waals surface area contributed by atoms with Crippen LogP contribution in [-0.4, -0.2) is 20.8 Å². The fourth-order valence-corrected chi connectivity index (χ4v) is 1.57. The molecule has 2 aromatic heterocycles. The predicted octanol–water partition coefficient (Wildman–Crippen LogP) is 2.07. The Morgan fingerprint density at radius 1 is 1.29 bits per heavy atom. The van der Waals surface area contributed by atoms with E-state index < -0.39 is 0 Å². The van der Waals surface area contributed by atoms with Crippen LogP contribution in [0.15, 0.2) is 30.9 Å². The summed E-state index contributed by atoms with van der Waals surface area (Å²) in [4.78, 5) is 4.25. The maximum Gasteiger partial charge on any atom is 0.0832 e. The Morgan fingerprint density at radius 2 is 2.12 bits per heavy atom. The predicted molar refractivity (Wildman–Crippen MR) is 68.1 cm³/mol. The quantitative estimate of drug-likeness (QED) is 0.874. The van der Waals surface area contributed by atoms with Crippen LogP contribution in [0.4, 0.5) is 0 Å². The molecule has 90 valence electrons. The Morgan fingerprint density at radius 3 is 2.76 bits per heavy atom. The molecule has 17 heavy (non-hydrogen) atoms. The molecule has 0 amide bonds. The van der Waals surface area contributed by atoms with E-state index >= 15 is 0 Å². The van der Waals surface area contributed by atoms with Crippen molar-refractivity contribution < 1.29 is 0 Å². The Labute approximate surface area is 102 Å². The van der Waals surface area contributed by atoms with Gasteiger partial charge in [0.05, 0.1) is 18.1 Å². The summed E-state index contributed by atoms with van der Waals surface area (Å²) in [5.41, 5.74) is 3.32. The third-order valence-corrected chi connectivity index (χ3v) is 2.47. The number of pyridine rings is 1. The van der Waals surface area contributed by atoms with Gasteiger partial charge in [0.2, 0.25) is 0 Å². The molecule has 0 aromatic carbocycles. The lowest BCUT2D eigenvalue weighted by Gasteiger charge is -2.08. The molecule has 0 aliphatic heterocycles. The Kier molecular flexibility index (Phi) is 3.54. The highest BCUT2D eigenvalue weighted by Gasteiger charge is 2.01. The van der Waals surface area contributed by atoms with Crippen LogP contribution in [0.5, 0.6) is 0 Å². The van der Waals surface area contributed by atoms with E-state index in [0.29, 0.717) is 6.04 Å². The summed E-state index contributed by atoms with van der Waals surface area (Å²) in [6.07, 6.45) is 7.55. The molecule has 1 N–H and O–H groups in total. The van der Waals surface area contributed by atoms with Gasteiger partial charge in [-0.15, -0.1) is 0 Å². The van der Waals surface area contributed by atoms with E-state index in [4.69, 9.17) is 0 Å². The van der Waals surface area contributed by atoms with Crippen LogP contribution in [-0.2, 0) is 6.54 Å². The zero-order valence-corrected chi connectivity index (χ0v) is 10.5. The van der Waals surface area contributed by atoms with Gasteiger partial charge < -0.3 is 5.32 Å². The van der Waals surface area contributed by atoms with Crippen molar-refractivity contribution in [3.63, 3.8) is 0 Å². The van der Waals surface area contributed by atoms with Crippen LogP contribution >= 0.6 is 0 Å². The minimum Gasteiger partial charge on any atom is -0.310 e. The second-order valence-corrected chi connectivity index (χ2v) is 4.55. The van der Waals surface area contributed by atoms with Gasteiger partial charge in [-0.3, -0.25) is 4.98 Å². The molecule has 0 bridgehead atoms. The second-order valence-electron chi connectivity index (χ2n) is 4.55. The molecular formula is C13H18N4. The van der Waals surface area contributed by atoms with Crippen LogP contribution in [0.1, 0.15) is 25.0 Å². The summed E-state index contributed by atoms with van der Waals surface area (Å²) >= 11 is 0. The van der Waals surface area contributed by atoms with Crippen molar-refractivity contribution in [2.75, 3.05) is 0 Å². The molecule has 2 aromatic rings. The van der Waals surface area contributed by atoms with E-state index in [-0.39, 0.29) is 0 Å². The van der Waals surface area contributed by atoms with E-state index in [2.05, 4.69) is 35.3 Å². The van der Waals surface area contributed by atoms with Crippen LogP contribution < -0.4 is 5.32 Å². The lowest BCUT2D eigenvalue weighted by atomic mass is 10.2. The fourth-order valence-electron chi connectivity index (χ4n) is 1.57. The van der Waals surface area contributed by atoms with E-state index in [1.54, 1.807) is 0 Å². The highest BCUT2D eigenvalue weighted by molar-refractivity contribution is 5.31. The third kappa shape index (κ3) is 3.14. The van der Waals surface area contributed by atoms with Crippen molar-refractivity contribution in [3.05, 3.63) is 42.0 Å². The molecule has 0 atom stereocenters. The molecule has 4 nitrogen and oxygen atoms in total. The minimum absolute atomic E-state index is 0.477. The number of hydrogen-bond donors (Lipinski definition) is 1. The number of aromatic nitrogens is 3. The largest absolute Gasteiger partial charge is 0.310 e. The number of nitrogens with one attached hydrogen (secondary N) is 1. The summed E-state index contributed by atoms with van der Waals surface area (Å²) in [5.74, 6) is 0. The van der Waals surface area contributed by atoms with Crippen molar-refractivity contribution in [3.8, 4) is 5.69 Å². The minimum atomic E-state index is 0.477. The molecule has 0 aliphatic carbocycles. The van der Waals surface area contributed by atoms with E-state index in [1.165, 1.54) is 5.56 Å². The first-order valence-electron chi connectivity index (χ1n) is 5.84. The fraction of sp³-hybridized carbons (Fsp3) is 0.385. The first kappa shape index (κ1) is 11.8. The van der Waals surface area contributed by atoms with Crippen LogP contribution in [0.2, 0.25) is 0 Å². The molecule has 0 radical (unpaired) electrons. The van der Waals surface area contributed by atoms with Crippen molar-refractivity contribution >= 4 is 0 Å². The maximum atomic E-state index is 4.28. The van der Waals surface area contributed by atoms with E-state index in [1.807, 2.05) is 36.4 Å². The van der Waals surface area contributed by atoms with Gasteiger partial charge >= 0.3 is 0 Å². The normalized spacial score (nSPS) is 11.1. The summed E-state index contributed by atoms with van der Waals surface area (Å²) in [7, 11) is 0.